The molecule has 1 rings (SSSR count). The van der Waals surface area contributed by atoms with E-state index in [1.807, 2.05) is 13.2 Å². The topological polar surface area (TPSA) is 46.5 Å². The molecule has 0 aliphatic heterocycles. The van der Waals surface area contributed by atoms with Gasteiger partial charge in [-0.3, -0.25) is 0 Å². The monoisotopic (exact) mass is 226 g/mol. The number of ether oxygens (including phenoxy) is 1. The highest BCUT2D eigenvalue weighted by Crippen LogP contribution is 2.29. The van der Waals surface area contributed by atoms with E-state index in [2.05, 4.69) is 0 Å². The highest BCUT2D eigenvalue weighted by atomic mass is 32.2. The third kappa shape index (κ3) is 2.45. The summed E-state index contributed by atoms with van der Waals surface area (Å²) in [5, 5.41) is 8.99. The molecule has 0 atom stereocenters. The summed E-state index contributed by atoms with van der Waals surface area (Å²) in [7, 11) is 1.49. The highest BCUT2D eigenvalue weighted by Gasteiger charge is 2.14. The zero-order chi connectivity index (χ0) is 11.4. The number of methoxy groups -OCH3 is 1. The minimum atomic E-state index is -0.954. The Labute approximate surface area is 93.4 Å². The summed E-state index contributed by atoms with van der Waals surface area (Å²) in [4.78, 5) is 12.0. The first-order valence-electron chi connectivity index (χ1n) is 4.62. The molecule has 4 heteroatoms. The van der Waals surface area contributed by atoms with Gasteiger partial charge in [0.2, 0.25) is 0 Å². The molecule has 1 aromatic rings. The number of hydrogen-bond acceptors (Lipinski definition) is 3. The van der Waals surface area contributed by atoms with Gasteiger partial charge in [0.25, 0.3) is 0 Å². The number of carbonyl (C=O) groups is 1. The van der Waals surface area contributed by atoms with Gasteiger partial charge in [0.1, 0.15) is 11.3 Å². The Kier molecular flexibility index (Phi) is 4.03. The second kappa shape index (κ2) is 5.07. The molecule has 0 fully saturated rings. The van der Waals surface area contributed by atoms with Gasteiger partial charge in [0, 0.05) is 4.90 Å². The number of aromatic carboxylic acids is 1. The van der Waals surface area contributed by atoms with Crippen molar-refractivity contribution in [1.82, 2.24) is 0 Å². The molecule has 0 spiro atoms. The Morgan fingerprint density at radius 3 is 2.60 bits per heavy atom. The highest BCUT2D eigenvalue weighted by molar-refractivity contribution is 7.98. The standard InChI is InChI=1S/C11H14O3S/c1-4-7-5-9(14-2)8(11(12)13)6-10(7)15-3/h5-6H,4H2,1-3H3,(H,12,13). The van der Waals surface area contributed by atoms with E-state index in [1.165, 1.54) is 7.11 Å². The van der Waals surface area contributed by atoms with Crippen LogP contribution in [-0.4, -0.2) is 24.4 Å². The maximum Gasteiger partial charge on any atom is 0.339 e. The second-order valence-electron chi connectivity index (χ2n) is 3.02. The van der Waals surface area contributed by atoms with Gasteiger partial charge in [-0.1, -0.05) is 6.92 Å². The van der Waals surface area contributed by atoms with Gasteiger partial charge in [-0.15, -0.1) is 11.8 Å². The van der Waals surface area contributed by atoms with Gasteiger partial charge in [0.05, 0.1) is 7.11 Å². The van der Waals surface area contributed by atoms with Crippen LogP contribution in [0.3, 0.4) is 0 Å². The number of thioether (sulfide) groups is 1. The van der Waals surface area contributed by atoms with Crippen LogP contribution in [0.5, 0.6) is 5.75 Å². The Morgan fingerprint density at radius 2 is 2.20 bits per heavy atom. The van der Waals surface area contributed by atoms with E-state index >= 15 is 0 Å². The fourth-order valence-corrected chi connectivity index (χ4v) is 2.11. The molecule has 82 valence electrons. The quantitative estimate of drug-likeness (QED) is 0.802. The number of benzene rings is 1. The normalized spacial score (nSPS) is 10.1. The molecular formula is C11H14O3S. The van der Waals surface area contributed by atoms with Crippen LogP contribution in [0.15, 0.2) is 17.0 Å². The van der Waals surface area contributed by atoms with E-state index in [-0.39, 0.29) is 5.56 Å². The molecule has 0 bridgehead atoms. The van der Waals surface area contributed by atoms with Gasteiger partial charge in [-0.2, -0.15) is 0 Å². The number of carboxylic acids is 1. The van der Waals surface area contributed by atoms with Crippen molar-refractivity contribution < 1.29 is 14.6 Å². The van der Waals surface area contributed by atoms with Gasteiger partial charge in [-0.05, 0) is 30.4 Å². The summed E-state index contributed by atoms with van der Waals surface area (Å²) >= 11 is 1.55. The Balaban J connectivity index is 3.34. The molecule has 0 saturated heterocycles. The first-order valence-corrected chi connectivity index (χ1v) is 5.84. The van der Waals surface area contributed by atoms with Crippen molar-refractivity contribution >= 4 is 17.7 Å². The maximum atomic E-state index is 11.0. The predicted molar refractivity (Wildman–Crippen MR) is 61.1 cm³/mol. The van der Waals surface area contributed by atoms with Crippen LogP contribution >= 0.6 is 11.8 Å². The lowest BCUT2D eigenvalue weighted by Crippen LogP contribution is -2.02. The van der Waals surface area contributed by atoms with Crippen LogP contribution in [0.2, 0.25) is 0 Å². The van der Waals surface area contributed by atoms with Crippen LogP contribution in [0.4, 0.5) is 0 Å². The van der Waals surface area contributed by atoms with Crippen LogP contribution in [0.1, 0.15) is 22.8 Å². The summed E-state index contributed by atoms with van der Waals surface area (Å²) < 4.78 is 5.06. The lowest BCUT2D eigenvalue weighted by molar-refractivity contribution is 0.0693. The molecule has 1 aromatic carbocycles. The number of rotatable bonds is 4. The fraction of sp³-hybridized carbons (Fsp3) is 0.364. The van der Waals surface area contributed by atoms with E-state index in [4.69, 9.17) is 9.84 Å². The average Bonchev–Trinajstić information content (AvgIpc) is 2.26. The Morgan fingerprint density at radius 1 is 1.53 bits per heavy atom. The van der Waals surface area contributed by atoms with Crippen LogP contribution in [0.25, 0.3) is 0 Å². The summed E-state index contributed by atoms with van der Waals surface area (Å²) in [6.07, 6.45) is 2.80. The largest absolute Gasteiger partial charge is 0.496 e. The van der Waals surface area contributed by atoms with Crippen molar-refractivity contribution in [3.8, 4) is 5.75 Å². The number of hydrogen-bond donors (Lipinski definition) is 1. The zero-order valence-corrected chi connectivity index (χ0v) is 9.85. The molecule has 0 aliphatic rings. The summed E-state index contributed by atoms with van der Waals surface area (Å²) in [6, 6.07) is 3.47. The SMILES string of the molecule is CCc1cc(OC)c(C(=O)O)cc1SC. The molecule has 0 saturated carbocycles. The molecule has 0 aromatic heterocycles. The van der Waals surface area contributed by atoms with Crippen molar-refractivity contribution in [2.45, 2.75) is 18.2 Å². The lowest BCUT2D eigenvalue weighted by Gasteiger charge is -2.10. The summed E-state index contributed by atoms with van der Waals surface area (Å²) in [6.45, 7) is 2.04. The Hall–Kier alpha value is -1.16. The van der Waals surface area contributed by atoms with E-state index in [9.17, 15) is 4.79 Å². The molecule has 1 N–H and O–H groups in total. The minimum absolute atomic E-state index is 0.221. The fourth-order valence-electron chi connectivity index (χ4n) is 1.40. The van der Waals surface area contributed by atoms with E-state index in [0.717, 1.165) is 16.9 Å². The van der Waals surface area contributed by atoms with Crippen molar-refractivity contribution in [2.75, 3.05) is 13.4 Å². The minimum Gasteiger partial charge on any atom is -0.496 e. The first-order chi connectivity index (χ1) is 7.13. The third-order valence-corrected chi connectivity index (χ3v) is 3.03. The van der Waals surface area contributed by atoms with Crippen molar-refractivity contribution in [2.24, 2.45) is 0 Å². The van der Waals surface area contributed by atoms with Crippen molar-refractivity contribution in [1.29, 1.82) is 0 Å². The van der Waals surface area contributed by atoms with Gasteiger partial charge in [-0.25, -0.2) is 4.79 Å². The van der Waals surface area contributed by atoms with E-state index < -0.39 is 5.97 Å². The zero-order valence-electron chi connectivity index (χ0n) is 9.03. The number of aryl methyl sites for hydroxylation is 1. The smallest absolute Gasteiger partial charge is 0.339 e. The molecule has 3 nitrogen and oxygen atoms in total. The molecular weight excluding hydrogens is 212 g/mol. The summed E-state index contributed by atoms with van der Waals surface area (Å²) in [5.74, 6) is -0.526. The maximum absolute atomic E-state index is 11.0. The van der Waals surface area contributed by atoms with E-state index in [0.29, 0.717) is 5.75 Å². The van der Waals surface area contributed by atoms with Crippen LogP contribution in [-0.2, 0) is 6.42 Å². The summed E-state index contributed by atoms with van der Waals surface area (Å²) in [5.41, 5.74) is 1.34. The van der Waals surface area contributed by atoms with Gasteiger partial charge < -0.3 is 9.84 Å². The molecule has 0 amide bonds. The van der Waals surface area contributed by atoms with Crippen molar-refractivity contribution in [3.63, 3.8) is 0 Å². The van der Waals surface area contributed by atoms with Crippen molar-refractivity contribution in [3.05, 3.63) is 23.3 Å². The van der Waals surface area contributed by atoms with Gasteiger partial charge in [0.15, 0.2) is 0 Å². The molecule has 15 heavy (non-hydrogen) atoms. The number of carboxylic acid groups (broad SMARTS) is 1. The lowest BCUT2D eigenvalue weighted by atomic mass is 10.1. The molecule has 0 heterocycles. The van der Waals surface area contributed by atoms with E-state index in [1.54, 1.807) is 23.9 Å². The second-order valence-corrected chi connectivity index (χ2v) is 3.87. The third-order valence-electron chi connectivity index (χ3n) is 2.21. The predicted octanol–water partition coefficient (Wildman–Crippen LogP) is 2.68. The van der Waals surface area contributed by atoms with Crippen LogP contribution < -0.4 is 4.74 Å². The Bertz CT molecular complexity index is 374. The first kappa shape index (κ1) is 11.9. The van der Waals surface area contributed by atoms with Gasteiger partial charge >= 0.3 is 5.97 Å². The molecule has 0 aliphatic carbocycles. The average molecular weight is 226 g/mol. The molecule has 0 unspecified atom stereocenters. The molecule has 0 radical (unpaired) electrons. The van der Waals surface area contributed by atoms with Crippen LogP contribution in [0, 0.1) is 0 Å².